The minimum atomic E-state index is -0.639. The van der Waals surface area contributed by atoms with Gasteiger partial charge < -0.3 is 14.0 Å². The lowest BCUT2D eigenvalue weighted by atomic mass is 9.72. The third-order valence-corrected chi connectivity index (χ3v) is 7.75. The third kappa shape index (κ3) is 9.65. The van der Waals surface area contributed by atoms with Crippen LogP contribution in [-0.4, -0.2) is 22.2 Å². The van der Waals surface area contributed by atoms with Crippen LogP contribution in [0.3, 0.4) is 0 Å². The second-order valence-corrected chi connectivity index (χ2v) is 15.3. The summed E-state index contributed by atoms with van der Waals surface area (Å²) in [6.45, 7) is 24.5. The van der Waals surface area contributed by atoms with Gasteiger partial charge in [-0.15, -0.1) is 0 Å². The molecule has 0 aliphatic heterocycles. The molecule has 0 saturated heterocycles. The molecule has 0 saturated carbocycles. The van der Waals surface area contributed by atoms with Crippen molar-refractivity contribution in [2.75, 3.05) is 0 Å². The van der Waals surface area contributed by atoms with Crippen LogP contribution in [0, 0.1) is 22.7 Å². The lowest BCUT2D eigenvalue weighted by molar-refractivity contribution is -0.169. The first-order valence-corrected chi connectivity index (χ1v) is 15.5. The van der Waals surface area contributed by atoms with E-state index in [1.807, 2.05) is 13.8 Å². The smallest absolute Gasteiger partial charge is 0.310 e. The molecular weight excluding hydrogens is 506 g/mol. The number of carbonyl (C=O) groups excluding carboxylic acids is 1. The molecule has 4 nitrogen and oxygen atoms in total. The summed E-state index contributed by atoms with van der Waals surface area (Å²) in [6, 6.07) is 19.3. The van der Waals surface area contributed by atoms with Crippen molar-refractivity contribution >= 4 is 16.9 Å². The highest BCUT2D eigenvalue weighted by atomic mass is 16.6. The Morgan fingerprint density at radius 3 is 2.10 bits per heavy atom. The maximum atomic E-state index is 13.4. The molecule has 2 aromatic carbocycles. The Labute approximate surface area is 249 Å². The van der Waals surface area contributed by atoms with Crippen molar-refractivity contribution in [3.63, 3.8) is 0 Å². The number of hydrogen-bond donors (Lipinski definition) is 0. The van der Waals surface area contributed by atoms with Gasteiger partial charge in [-0.25, -0.2) is 0 Å². The first kappa shape index (κ1) is 32.8. The Bertz CT molecular complexity index is 1270. The number of aromatic nitrogens is 1. The molecule has 0 radical (unpaired) electrons. The van der Waals surface area contributed by atoms with E-state index in [4.69, 9.17) is 9.47 Å². The maximum Gasteiger partial charge on any atom is 0.310 e. The van der Waals surface area contributed by atoms with E-state index in [2.05, 4.69) is 121 Å². The summed E-state index contributed by atoms with van der Waals surface area (Å²) >= 11 is 0. The van der Waals surface area contributed by atoms with Gasteiger partial charge in [0.25, 0.3) is 0 Å². The molecule has 1 aromatic heterocycles. The monoisotopic (exact) mass is 561 g/mol. The molecule has 226 valence electrons. The Morgan fingerprint density at radius 2 is 1.51 bits per heavy atom. The number of hydrogen-bond acceptors (Lipinski definition) is 3. The minimum absolute atomic E-state index is 0.0446. The summed E-state index contributed by atoms with van der Waals surface area (Å²) in [5, 5.41) is 1.22. The topological polar surface area (TPSA) is 40.5 Å². The van der Waals surface area contributed by atoms with Gasteiger partial charge in [0.05, 0.1) is 17.5 Å². The zero-order chi connectivity index (χ0) is 30.6. The lowest BCUT2D eigenvalue weighted by Gasteiger charge is -2.37. The molecule has 3 rings (SSSR count). The van der Waals surface area contributed by atoms with Crippen molar-refractivity contribution in [2.45, 2.75) is 120 Å². The van der Waals surface area contributed by atoms with Crippen LogP contribution < -0.4 is 4.74 Å². The number of ether oxygens (including phenoxy) is 2. The summed E-state index contributed by atoms with van der Waals surface area (Å²) in [5.41, 5.74) is 2.90. The molecule has 0 N–H and O–H groups in total. The number of fused-ring (bicyclic) bond motifs is 1. The highest BCUT2D eigenvalue weighted by molar-refractivity contribution is 5.88. The molecule has 0 spiro atoms. The van der Waals surface area contributed by atoms with Crippen LogP contribution in [-0.2, 0) is 16.1 Å². The van der Waals surface area contributed by atoms with Crippen LogP contribution >= 0.6 is 0 Å². The van der Waals surface area contributed by atoms with Gasteiger partial charge in [-0.3, -0.25) is 4.79 Å². The number of rotatable bonds is 12. The van der Waals surface area contributed by atoms with Crippen molar-refractivity contribution in [3.8, 4) is 17.0 Å². The zero-order valence-electron chi connectivity index (χ0n) is 27.6. The molecule has 4 heteroatoms. The van der Waals surface area contributed by atoms with Crippen molar-refractivity contribution in [3.05, 3.63) is 54.6 Å². The summed E-state index contributed by atoms with van der Waals surface area (Å²) in [7, 11) is 0. The number of esters is 1. The van der Waals surface area contributed by atoms with Gasteiger partial charge in [-0.1, -0.05) is 85.7 Å². The van der Waals surface area contributed by atoms with Gasteiger partial charge in [-0.2, -0.15) is 0 Å². The van der Waals surface area contributed by atoms with E-state index >= 15 is 0 Å². The normalized spacial score (nSPS) is 14.3. The fraction of sp³-hybridized carbons (Fsp3) is 0.595. The molecule has 1 heterocycles. The van der Waals surface area contributed by atoms with Crippen LogP contribution in [0.25, 0.3) is 22.2 Å². The van der Waals surface area contributed by atoms with Crippen LogP contribution in [0.4, 0.5) is 0 Å². The van der Waals surface area contributed by atoms with E-state index < -0.39 is 5.60 Å². The summed E-state index contributed by atoms with van der Waals surface area (Å²) in [4.78, 5) is 13.4. The second kappa shape index (κ2) is 13.0. The van der Waals surface area contributed by atoms with Crippen molar-refractivity contribution < 1.29 is 14.3 Å². The zero-order valence-corrected chi connectivity index (χ0v) is 27.6. The van der Waals surface area contributed by atoms with Crippen LogP contribution in [0.1, 0.15) is 102 Å². The number of carbonyl (C=O) groups is 1. The molecular formula is C37H55NO3. The predicted octanol–water partition coefficient (Wildman–Crippen LogP) is 10.3. The average Bonchev–Trinajstić information content (AvgIpc) is 3.18. The Balaban J connectivity index is 1.78. The molecule has 0 bridgehead atoms. The van der Waals surface area contributed by atoms with Gasteiger partial charge in [0.1, 0.15) is 11.4 Å². The van der Waals surface area contributed by atoms with Crippen LogP contribution in [0.5, 0.6) is 5.75 Å². The molecule has 2 atom stereocenters. The van der Waals surface area contributed by atoms with E-state index in [1.165, 1.54) is 28.6 Å². The van der Waals surface area contributed by atoms with Crippen LogP contribution in [0.15, 0.2) is 54.6 Å². The molecule has 0 amide bonds. The van der Waals surface area contributed by atoms with Gasteiger partial charge in [-0.05, 0) is 80.5 Å². The molecule has 2 unspecified atom stereocenters. The Morgan fingerprint density at radius 1 is 0.854 bits per heavy atom. The quantitative estimate of drug-likeness (QED) is 0.207. The predicted molar refractivity (Wildman–Crippen MR) is 173 cm³/mol. The van der Waals surface area contributed by atoms with Gasteiger partial charge in [0, 0.05) is 30.1 Å². The van der Waals surface area contributed by atoms with Crippen LogP contribution in [0.2, 0.25) is 0 Å². The third-order valence-electron chi connectivity index (χ3n) is 7.75. The second-order valence-electron chi connectivity index (χ2n) is 15.3. The molecule has 3 aromatic rings. The summed E-state index contributed by atoms with van der Waals surface area (Å²) in [6.07, 6.45) is 3.60. The Hall–Kier alpha value is -2.75. The average molecular weight is 562 g/mol. The molecule has 0 aliphatic rings. The minimum Gasteiger partial charge on any atom is -0.490 e. The largest absolute Gasteiger partial charge is 0.490 e. The molecule has 41 heavy (non-hydrogen) atoms. The summed E-state index contributed by atoms with van der Waals surface area (Å²) < 4.78 is 15.1. The molecule has 0 fully saturated rings. The summed E-state index contributed by atoms with van der Waals surface area (Å²) in [5.74, 6) is 1.25. The van der Waals surface area contributed by atoms with E-state index in [0.29, 0.717) is 12.3 Å². The van der Waals surface area contributed by atoms with Crippen molar-refractivity contribution in [1.29, 1.82) is 0 Å². The number of benzene rings is 2. The lowest BCUT2D eigenvalue weighted by Crippen LogP contribution is -2.40. The van der Waals surface area contributed by atoms with E-state index in [0.717, 1.165) is 25.1 Å². The van der Waals surface area contributed by atoms with E-state index in [-0.39, 0.29) is 28.8 Å². The maximum absolute atomic E-state index is 13.4. The Kier molecular flexibility index (Phi) is 10.4. The fourth-order valence-electron chi connectivity index (χ4n) is 5.76. The number of nitrogens with zero attached hydrogens (tertiary/aromatic N) is 1. The standard InChI is InChI=1S/C37H55NO3/c1-26(2)16-15-21-38-32(28-17-13-12-14-18-28)22-29-19-20-30(23-33(29)38)40-27(3)24-37(10,11)41-34(39)31(36(7,8)9)25-35(4,5)6/h12-14,17-20,22-23,26-27,31H,15-16,21,24-25H2,1-11H3. The van der Waals surface area contributed by atoms with E-state index in [1.54, 1.807) is 0 Å². The highest BCUT2D eigenvalue weighted by Gasteiger charge is 2.38. The highest BCUT2D eigenvalue weighted by Crippen LogP contribution is 2.38. The van der Waals surface area contributed by atoms with Gasteiger partial charge in [0.15, 0.2) is 0 Å². The number of aryl methyl sites for hydroxylation is 1. The van der Waals surface area contributed by atoms with Gasteiger partial charge >= 0.3 is 5.97 Å². The van der Waals surface area contributed by atoms with E-state index in [9.17, 15) is 4.79 Å². The fourth-order valence-corrected chi connectivity index (χ4v) is 5.76. The SMILES string of the molecule is CC(C)CCCn1c(-c2ccccc2)cc2ccc(OC(C)CC(C)(C)OC(=O)C(CC(C)(C)C)C(C)(C)C)cc21. The van der Waals surface area contributed by atoms with Crippen molar-refractivity contribution in [2.24, 2.45) is 22.7 Å². The van der Waals surface area contributed by atoms with Crippen molar-refractivity contribution in [1.82, 2.24) is 4.57 Å². The molecule has 0 aliphatic carbocycles. The first-order chi connectivity index (χ1) is 18.9. The van der Waals surface area contributed by atoms with Gasteiger partial charge in [0.2, 0.25) is 0 Å². The first-order valence-electron chi connectivity index (χ1n) is 15.5.